The number of pyridine rings is 1. The van der Waals surface area contributed by atoms with Gasteiger partial charge in [0, 0.05) is 28.5 Å². The molecule has 0 aliphatic carbocycles. The third kappa shape index (κ3) is 5.74. The summed E-state index contributed by atoms with van der Waals surface area (Å²) in [6, 6.07) is 19.6. The number of ether oxygens (including phenoxy) is 1. The van der Waals surface area contributed by atoms with Crippen LogP contribution in [0.2, 0.25) is 0 Å². The molecule has 206 valence electrons. The quantitative estimate of drug-likeness (QED) is 0.304. The first-order valence-corrected chi connectivity index (χ1v) is 14.3. The second-order valence-corrected chi connectivity index (χ2v) is 11.1. The number of thioether (sulfide) groups is 1. The van der Waals surface area contributed by atoms with Gasteiger partial charge in [0.05, 0.1) is 11.7 Å². The van der Waals surface area contributed by atoms with Crippen molar-refractivity contribution in [2.75, 3.05) is 5.75 Å². The molecule has 2 unspecified atom stereocenters. The Morgan fingerprint density at radius 1 is 1.12 bits per heavy atom. The number of carboxylic acid groups (broad SMARTS) is 1. The van der Waals surface area contributed by atoms with E-state index in [1.807, 2.05) is 53.4 Å². The number of aromatic nitrogens is 1. The maximum atomic E-state index is 13.1. The lowest BCUT2D eigenvalue weighted by Crippen LogP contribution is -2.71. The van der Waals surface area contributed by atoms with E-state index in [1.54, 1.807) is 24.3 Å². The van der Waals surface area contributed by atoms with Crippen LogP contribution in [-0.2, 0) is 22.7 Å². The van der Waals surface area contributed by atoms with E-state index in [0.717, 1.165) is 12.0 Å². The van der Waals surface area contributed by atoms with Gasteiger partial charge in [-0.2, -0.15) is 0 Å². The highest BCUT2D eigenvalue weighted by Gasteiger charge is 2.53. The average molecular weight is 558 g/mol. The van der Waals surface area contributed by atoms with Crippen molar-refractivity contribution in [3.05, 3.63) is 107 Å². The molecule has 1 N–H and O–H groups in total. The van der Waals surface area contributed by atoms with Crippen molar-refractivity contribution in [3.8, 4) is 5.75 Å². The zero-order chi connectivity index (χ0) is 28.2. The number of fused-ring (bicyclic) bond motifs is 1. The highest BCUT2D eigenvalue weighted by Crippen LogP contribution is 2.40. The average Bonchev–Trinajstić information content (AvgIpc) is 2.98. The van der Waals surface area contributed by atoms with E-state index in [2.05, 4.69) is 25.2 Å². The molecule has 1 aromatic heterocycles. The van der Waals surface area contributed by atoms with E-state index in [1.165, 1.54) is 22.2 Å². The Morgan fingerprint density at radius 2 is 1.88 bits per heavy atom. The summed E-state index contributed by atoms with van der Waals surface area (Å²) in [5.41, 5.74) is 3.10. The molecule has 3 aromatic rings. The third-order valence-corrected chi connectivity index (χ3v) is 8.67. The lowest BCUT2D eigenvalue weighted by molar-refractivity contribution is -0.689. The number of nitrogens with zero attached hydrogens (tertiary/aromatic N) is 2. The van der Waals surface area contributed by atoms with Crippen LogP contribution in [0.25, 0.3) is 0 Å². The molecule has 2 aliphatic rings. The monoisotopic (exact) mass is 557 g/mol. The van der Waals surface area contributed by atoms with Gasteiger partial charge in [-0.05, 0) is 48.2 Å². The van der Waals surface area contributed by atoms with Crippen molar-refractivity contribution < 1.29 is 28.8 Å². The molecule has 8 nitrogen and oxygen atoms in total. The van der Waals surface area contributed by atoms with Gasteiger partial charge >= 0.3 is 0 Å². The number of carbonyl (C=O) groups is 3. The molecule has 0 bridgehead atoms. The number of nitrogens with one attached hydrogen (secondary N) is 1. The lowest BCUT2D eigenvalue weighted by Gasteiger charge is -2.50. The van der Waals surface area contributed by atoms with Crippen LogP contribution in [0.15, 0.2) is 90.4 Å². The summed E-state index contributed by atoms with van der Waals surface area (Å²) < 4.78 is 7.72. The zero-order valence-corrected chi connectivity index (χ0v) is 23.2. The highest BCUT2D eigenvalue weighted by atomic mass is 32.2. The smallest absolute Gasteiger partial charge is 0.253 e. The van der Waals surface area contributed by atoms with Crippen LogP contribution in [0.3, 0.4) is 0 Å². The van der Waals surface area contributed by atoms with Gasteiger partial charge in [-0.15, -0.1) is 11.8 Å². The maximum Gasteiger partial charge on any atom is 0.253 e. The van der Waals surface area contributed by atoms with E-state index in [4.69, 9.17) is 4.74 Å². The molecule has 1 saturated heterocycles. The number of amides is 2. The van der Waals surface area contributed by atoms with Crippen molar-refractivity contribution in [2.45, 2.75) is 50.8 Å². The van der Waals surface area contributed by atoms with Crippen molar-refractivity contribution in [1.29, 1.82) is 0 Å². The summed E-state index contributed by atoms with van der Waals surface area (Å²) in [6.45, 7) is 5.02. The van der Waals surface area contributed by atoms with Crippen LogP contribution in [0.1, 0.15) is 47.7 Å². The molecule has 3 atom stereocenters. The van der Waals surface area contributed by atoms with Gasteiger partial charge in [-0.25, -0.2) is 4.57 Å². The Hall–Kier alpha value is -4.11. The van der Waals surface area contributed by atoms with Crippen LogP contribution in [0.4, 0.5) is 0 Å². The molecule has 2 aromatic carbocycles. The van der Waals surface area contributed by atoms with Gasteiger partial charge in [0.15, 0.2) is 18.9 Å². The Labute approximate surface area is 237 Å². The van der Waals surface area contributed by atoms with Crippen LogP contribution in [0.5, 0.6) is 5.75 Å². The van der Waals surface area contributed by atoms with Crippen molar-refractivity contribution in [1.82, 2.24) is 10.2 Å². The molecule has 2 aliphatic heterocycles. The summed E-state index contributed by atoms with van der Waals surface area (Å²) in [4.78, 5) is 39.4. The van der Waals surface area contributed by atoms with Crippen LogP contribution in [-0.4, -0.2) is 39.9 Å². The predicted molar refractivity (Wildman–Crippen MR) is 149 cm³/mol. The van der Waals surface area contributed by atoms with Gasteiger partial charge in [0.1, 0.15) is 23.8 Å². The van der Waals surface area contributed by atoms with E-state index < -0.39 is 29.2 Å². The Kier molecular flexibility index (Phi) is 8.21. The Balaban J connectivity index is 1.23. The van der Waals surface area contributed by atoms with Gasteiger partial charge in [-0.3, -0.25) is 14.5 Å². The zero-order valence-electron chi connectivity index (χ0n) is 22.4. The third-order valence-electron chi connectivity index (χ3n) is 7.33. The Bertz CT molecular complexity index is 1440. The molecular formula is C31H31N3O5S. The minimum Gasteiger partial charge on any atom is -0.543 e. The number of aliphatic carboxylic acids is 1. The predicted octanol–water partition coefficient (Wildman–Crippen LogP) is 2.78. The minimum atomic E-state index is -1.39. The molecule has 40 heavy (non-hydrogen) atoms. The van der Waals surface area contributed by atoms with E-state index in [0.29, 0.717) is 41.7 Å². The Morgan fingerprint density at radius 3 is 2.58 bits per heavy atom. The molecule has 9 heteroatoms. The van der Waals surface area contributed by atoms with Crippen molar-refractivity contribution in [3.63, 3.8) is 0 Å². The molecule has 0 radical (unpaired) electrons. The number of carboxylic acids is 1. The van der Waals surface area contributed by atoms with Gasteiger partial charge in [-0.1, -0.05) is 44.2 Å². The largest absolute Gasteiger partial charge is 0.543 e. The fourth-order valence-corrected chi connectivity index (χ4v) is 6.18. The van der Waals surface area contributed by atoms with E-state index in [9.17, 15) is 19.5 Å². The number of benzene rings is 2. The number of hydrogen-bond acceptors (Lipinski definition) is 6. The number of hydrogen-bond donors (Lipinski definition) is 1. The topological polar surface area (TPSA) is 103 Å². The molecule has 3 heterocycles. The summed E-state index contributed by atoms with van der Waals surface area (Å²) in [7, 11) is 0. The minimum absolute atomic E-state index is 0.0967. The van der Waals surface area contributed by atoms with E-state index >= 15 is 0 Å². The van der Waals surface area contributed by atoms with Crippen molar-refractivity contribution in [2.24, 2.45) is 0 Å². The molecular weight excluding hydrogens is 526 g/mol. The summed E-state index contributed by atoms with van der Waals surface area (Å²) in [6.07, 6.45) is 4.90. The SMILES string of the molecule is CCC(C)c1ccc[n+](CC2=C(C(=O)[O-])N3C(=O)C(NC(=O)c4ccc(OCc5ccccc5)cc4)[C@H]3SC2)c1. The number of rotatable bonds is 10. The van der Waals surface area contributed by atoms with E-state index in [-0.39, 0.29) is 5.70 Å². The van der Waals surface area contributed by atoms with Crippen LogP contribution in [0, 0.1) is 0 Å². The normalized spacial score (nSPS) is 18.9. The van der Waals surface area contributed by atoms with Crippen LogP contribution < -0.4 is 19.7 Å². The van der Waals surface area contributed by atoms with Gasteiger partial charge < -0.3 is 20.0 Å². The summed E-state index contributed by atoms with van der Waals surface area (Å²) >= 11 is 1.44. The molecule has 2 amide bonds. The maximum absolute atomic E-state index is 13.1. The first kappa shape index (κ1) is 27.5. The lowest BCUT2D eigenvalue weighted by atomic mass is 10.0. The molecule has 1 fully saturated rings. The summed E-state index contributed by atoms with van der Waals surface area (Å²) in [5, 5.41) is 14.4. The number of β-lactam (4-membered cyclic amide) rings is 1. The first-order chi connectivity index (χ1) is 19.4. The highest BCUT2D eigenvalue weighted by molar-refractivity contribution is 8.00. The fraction of sp³-hybridized carbons (Fsp3) is 0.290. The second kappa shape index (κ2) is 12.0. The molecule has 0 spiro atoms. The standard InChI is InChI=1S/C31H31N3O5S/c1-3-20(2)23-10-7-15-33(16-23)17-24-19-40-30-26(29(36)34(30)27(24)31(37)38)32-28(35)22-11-13-25(14-12-22)39-18-21-8-5-4-6-9-21/h4-16,20,26,30H,3,17-19H2,1-2H3,(H-,32,35,37,38)/t20?,26?,30-/m1/s1. The molecule has 0 saturated carbocycles. The number of carbonyl (C=O) groups excluding carboxylic acids is 3. The first-order valence-electron chi connectivity index (χ1n) is 13.3. The van der Waals surface area contributed by atoms with Gasteiger partial charge in [0.2, 0.25) is 0 Å². The van der Waals surface area contributed by atoms with Crippen molar-refractivity contribution >= 4 is 29.5 Å². The van der Waals surface area contributed by atoms with Crippen LogP contribution >= 0.6 is 11.8 Å². The summed E-state index contributed by atoms with van der Waals surface area (Å²) in [5.74, 6) is -0.829. The molecule has 5 rings (SSSR count). The van der Waals surface area contributed by atoms with Gasteiger partial charge in [0.25, 0.3) is 11.8 Å². The fourth-order valence-electron chi connectivity index (χ4n) is 4.85. The second-order valence-electron chi connectivity index (χ2n) is 10.0.